The predicted octanol–water partition coefficient (Wildman–Crippen LogP) is 7.06. The normalized spacial score (nSPS) is 10.9. The minimum atomic E-state index is -0.962. The Hall–Kier alpha value is -2.73. The number of benzene rings is 2. The van der Waals surface area contributed by atoms with Gasteiger partial charge in [-0.1, -0.05) is 65.3 Å². The van der Waals surface area contributed by atoms with E-state index in [4.69, 9.17) is 23.2 Å². The molecule has 156 valence electrons. The van der Waals surface area contributed by atoms with Crippen LogP contribution < -0.4 is 0 Å². The van der Waals surface area contributed by atoms with Gasteiger partial charge in [0.25, 0.3) is 0 Å². The van der Waals surface area contributed by atoms with Crippen molar-refractivity contribution in [1.82, 2.24) is 9.55 Å². The molecule has 2 heterocycles. The molecule has 0 aliphatic carbocycles. The van der Waals surface area contributed by atoms with Crippen molar-refractivity contribution in [2.45, 2.75) is 23.4 Å². The zero-order valence-corrected chi connectivity index (χ0v) is 18.9. The number of pyridine rings is 1. The molecule has 0 saturated heterocycles. The summed E-state index contributed by atoms with van der Waals surface area (Å²) in [6, 6.07) is 18.7. The lowest BCUT2D eigenvalue weighted by atomic mass is 10.0. The van der Waals surface area contributed by atoms with Gasteiger partial charge < -0.3 is 9.67 Å². The van der Waals surface area contributed by atoms with Crippen LogP contribution in [0.4, 0.5) is 0 Å². The lowest BCUT2D eigenvalue weighted by Crippen LogP contribution is -2.05. The van der Waals surface area contributed by atoms with Gasteiger partial charge in [0.05, 0.1) is 10.6 Å². The van der Waals surface area contributed by atoms with Gasteiger partial charge in [-0.2, -0.15) is 0 Å². The van der Waals surface area contributed by atoms with Crippen LogP contribution in [-0.4, -0.2) is 20.6 Å². The Balaban J connectivity index is 1.96. The number of aromatic nitrogens is 2. The first kappa shape index (κ1) is 21.5. The van der Waals surface area contributed by atoms with Gasteiger partial charge in [0.15, 0.2) is 0 Å². The summed E-state index contributed by atoms with van der Waals surface area (Å²) in [6.07, 6.45) is 3.46. The number of halogens is 2. The van der Waals surface area contributed by atoms with Crippen molar-refractivity contribution in [2.75, 3.05) is 0 Å². The van der Waals surface area contributed by atoms with Gasteiger partial charge in [-0.25, -0.2) is 4.79 Å². The van der Waals surface area contributed by atoms with E-state index in [0.29, 0.717) is 27.8 Å². The zero-order chi connectivity index (χ0) is 22.0. The maximum Gasteiger partial charge on any atom is 0.338 e. The summed E-state index contributed by atoms with van der Waals surface area (Å²) in [4.78, 5) is 17.2. The molecule has 0 unspecified atom stereocenters. The van der Waals surface area contributed by atoms with Crippen LogP contribution in [0.25, 0.3) is 11.1 Å². The second kappa shape index (κ2) is 9.18. The molecule has 0 atom stereocenters. The third-order valence-electron chi connectivity index (χ3n) is 4.89. The van der Waals surface area contributed by atoms with E-state index in [-0.39, 0.29) is 5.56 Å². The molecule has 0 bridgehead atoms. The number of carbonyl (C=O) groups is 1. The Morgan fingerprint density at radius 1 is 1.03 bits per heavy atom. The van der Waals surface area contributed by atoms with E-state index in [2.05, 4.69) is 4.98 Å². The van der Waals surface area contributed by atoms with Gasteiger partial charge >= 0.3 is 5.97 Å². The maximum absolute atomic E-state index is 12.3. The molecule has 2 aromatic carbocycles. The minimum Gasteiger partial charge on any atom is -0.478 e. The van der Waals surface area contributed by atoms with E-state index < -0.39 is 5.97 Å². The second-order valence-electron chi connectivity index (χ2n) is 6.96. The highest BCUT2D eigenvalue weighted by Crippen LogP contribution is 2.43. The average Bonchev–Trinajstić information content (AvgIpc) is 3.00. The summed E-state index contributed by atoms with van der Waals surface area (Å²) >= 11 is 13.9. The first-order valence-electron chi connectivity index (χ1n) is 9.48. The van der Waals surface area contributed by atoms with E-state index in [0.717, 1.165) is 21.0 Å². The van der Waals surface area contributed by atoms with E-state index in [9.17, 15) is 9.90 Å². The minimum absolute atomic E-state index is 0.288. The third kappa shape index (κ3) is 4.64. The summed E-state index contributed by atoms with van der Waals surface area (Å²) in [7, 11) is 0. The molecular weight excluding hydrogens is 451 g/mol. The van der Waals surface area contributed by atoms with Crippen LogP contribution >= 0.6 is 35.0 Å². The summed E-state index contributed by atoms with van der Waals surface area (Å²) in [6.45, 7) is 2.35. The third-order valence-corrected chi connectivity index (χ3v) is 6.42. The van der Waals surface area contributed by atoms with Crippen LogP contribution in [-0.2, 0) is 6.54 Å². The molecule has 2 aromatic heterocycles. The van der Waals surface area contributed by atoms with Crippen molar-refractivity contribution >= 4 is 40.9 Å². The van der Waals surface area contributed by atoms with Gasteiger partial charge in [0, 0.05) is 45.1 Å². The molecule has 1 N–H and O–H groups in total. The Bertz CT molecular complexity index is 1220. The van der Waals surface area contributed by atoms with Gasteiger partial charge in [-0.05, 0) is 48.4 Å². The topological polar surface area (TPSA) is 55.1 Å². The largest absolute Gasteiger partial charge is 0.478 e. The van der Waals surface area contributed by atoms with Crippen molar-refractivity contribution in [3.63, 3.8) is 0 Å². The Morgan fingerprint density at radius 3 is 2.29 bits per heavy atom. The van der Waals surface area contributed by atoms with E-state index in [1.165, 1.54) is 11.8 Å². The van der Waals surface area contributed by atoms with Crippen molar-refractivity contribution in [3.8, 4) is 11.1 Å². The van der Waals surface area contributed by atoms with E-state index in [1.807, 2.05) is 66.1 Å². The Labute approximate surface area is 194 Å². The number of nitrogens with zero attached hydrogens (tertiary/aromatic N) is 2. The molecule has 0 aliphatic heterocycles. The number of aromatic carboxylic acids is 1. The molecule has 0 spiro atoms. The fraction of sp³-hybridized carbons (Fsp3) is 0.0833. The fourth-order valence-corrected chi connectivity index (χ4v) is 5.39. The quantitative estimate of drug-likeness (QED) is 0.328. The molecule has 31 heavy (non-hydrogen) atoms. The van der Waals surface area contributed by atoms with Crippen molar-refractivity contribution < 1.29 is 9.90 Å². The zero-order valence-electron chi connectivity index (χ0n) is 16.5. The van der Waals surface area contributed by atoms with Gasteiger partial charge in [-0.3, -0.25) is 4.98 Å². The molecule has 0 fully saturated rings. The number of hydrogen-bond donors (Lipinski definition) is 1. The van der Waals surface area contributed by atoms with E-state index >= 15 is 0 Å². The molecule has 4 rings (SSSR count). The highest BCUT2D eigenvalue weighted by atomic mass is 35.5. The van der Waals surface area contributed by atoms with Gasteiger partial charge in [0.2, 0.25) is 0 Å². The van der Waals surface area contributed by atoms with Crippen molar-refractivity contribution in [2.24, 2.45) is 0 Å². The molecule has 0 saturated carbocycles. The molecule has 4 aromatic rings. The highest BCUT2D eigenvalue weighted by Gasteiger charge is 2.27. The first-order chi connectivity index (χ1) is 14.9. The van der Waals surface area contributed by atoms with E-state index in [1.54, 1.807) is 18.5 Å². The fourth-order valence-electron chi connectivity index (χ4n) is 3.51. The molecule has 0 aliphatic rings. The van der Waals surface area contributed by atoms with Crippen LogP contribution in [0, 0.1) is 6.92 Å². The standard InChI is InChI=1S/C24H18Cl2N2O2S/c1-15-21(24(29)30)22(17-5-3-2-4-6-17)23(28(15)14-16-7-9-27-10-8-16)31-20-12-18(25)11-19(26)13-20/h2-13H,14H2,1H3,(H,29,30). The maximum atomic E-state index is 12.3. The average molecular weight is 469 g/mol. The van der Waals surface area contributed by atoms with Crippen LogP contribution in [0.1, 0.15) is 21.6 Å². The Morgan fingerprint density at radius 2 is 1.68 bits per heavy atom. The van der Waals surface area contributed by atoms with Gasteiger partial charge in [-0.15, -0.1) is 0 Å². The molecule has 0 amide bonds. The Kier molecular flexibility index (Phi) is 6.37. The second-order valence-corrected chi connectivity index (χ2v) is 8.90. The molecule has 0 radical (unpaired) electrons. The summed E-state index contributed by atoms with van der Waals surface area (Å²) in [5.74, 6) is -0.962. The van der Waals surface area contributed by atoms with Gasteiger partial charge in [0.1, 0.15) is 0 Å². The van der Waals surface area contributed by atoms with Crippen molar-refractivity contribution in [1.29, 1.82) is 0 Å². The number of carboxylic acid groups (broad SMARTS) is 1. The summed E-state index contributed by atoms with van der Waals surface area (Å²) in [5.41, 5.74) is 3.51. The smallest absolute Gasteiger partial charge is 0.338 e. The lowest BCUT2D eigenvalue weighted by molar-refractivity contribution is 0.0696. The van der Waals surface area contributed by atoms with Crippen LogP contribution in [0.15, 0.2) is 83.0 Å². The highest BCUT2D eigenvalue weighted by molar-refractivity contribution is 7.99. The van der Waals surface area contributed by atoms with Crippen LogP contribution in [0.3, 0.4) is 0 Å². The number of carboxylic acids is 1. The SMILES string of the molecule is Cc1c(C(=O)O)c(-c2ccccc2)c(Sc2cc(Cl)cc(Cl)c2)n1Cc1ccncc1. The monoisotopic (exact) mass is 468 g/mol. The van der Waals surface area contributed by atoms with Crippen LogP contribution in [0.2, 0.25) is 10.0 Å². The molecule has 4 nitrogen and oxygen atoms in total. The van der Waals surface area contributed by atoms with Crippen LogP contribution in [0.5, 0.6) is 0 Å². The first-order valence-corrected chi connectivity index (χ1v) is 11.1. The molecular formula is C24H18Cl2N2O2S. The number of hydrogen-bond acceptors (Lipinski definition) is 3. The predicted molar refractivity (Wildman–Crippen MR) is 125 cm³/mol. The van der Waals surface area contributed by atoms with Crippen molar-refractivity contribution in [3.05, 3.63) is 99.9 Å². The summed E-state index contributed by atoms with van der Waals surface area (Å²) in [5, 5.41) is 12.0. The summed E-state index contributed by atoms with van der Waals surface area (Å²) < 4.78 is 2.03. The molecule has 7 heteroatoms. The lowest BCUT2D eigenvalue weighted by Gasteiger charge is -2.13. The number of rotatable bonds is 6.